The van der Waals surface area contributed by atoms with Crippen LogP contribution in [0, 0.1) is 0 Å². The van der Waals surface area contributed by atoms with Gasteiger partial charge in [0.05, 0.1) is 12.7 Å². The fourth-order valence-electron chi connectivity index (χ4n) is 1.99. The molecule has 1 N–H and O–H groups in total. The molecule has 0 radical (unpaired) electrons. The number of aromatic nitrogens is 2. The average molecular weight is 357 g/mol. The summed E-state index contributed by atoms with van der Waals surface area (Å²) in [6.07, 6.45) is 3.57. The fourth-order valence-corrected chi connectivity index (χ4v) is 3.49. The smallest absolute Gasteiger partial charge is 0.244 e. The van der Waals surface area contributed by atoms with Crippen molar-refractivity contribution in [1.29, 1.82) is 0 Å². The van der Waals surface area contributed by atoms with Crippen molar-refractivity contribution in [1.82, 2.24) is 20.0 Å². The average Bonchev–Trinajstić information content (AvgIpc) is 2.99. The first kappa shape index (κ1) is 15.2. The van der Waals surface area contributed by atoms with Crippen LogP contribution in [0.15, 0.2) is 28.3 Å². The predicted octanol–water partition coefficient (Wildman–Crippen LogP) is 2.16. The topological polar surface area (TPSA) is 50.2 Å². The summed E-state index contributed by atoms with van der Waals surface area (Å²) in [6, 6.07) is 1.67. The molecule has 2 aromatic rings. The molecule has 0 aliphatic carbocycles. The molecule has 0 aliphatic rings. The molecule has 0 saturated heterocycles. The fraction of sp³-hybridized carbons (Fsp3) is 0.385. The third-order valence-corrected chi connectivity index (χ3v) is 4.67. The van der Waals surface area contributed by atoms with Crippen molar-refractivity contribution in [2.45, 2.75) is 12.6 Å². The number of nitrogens with one attached hydrogen (secondary N) is 1. The van der Waals surface area contributed by atoms with Gasteiger partial charge < -0.3 is 10.2 Å². The Hall–Kier alpha value is -1.18. The second-order valence-electron chi connectivity index (χ2n) is 4.59. The minimum atomic E-state index is -0.364. The summed E-state index contributed by atoms with van der Waals surface area (Å²) in [5, 5.41) is 9.19. The van der Waals surface area contributed by atoms with Crippen molar-refractivity contribution >= 4 is 33.2 Å². The summed E-state index contributed by atoms with van der Waals surface area (Å²) in [5.41, 5.74) is 0.874. The Balaban J connectivity index is 2.08. The lowest BCUT2D eigenvalue weighted by Crippen LogP contribution is -2.36. The number of aryl methyl sites for hydroxylation is 1. The summed E-state index contributed by atoms with van der Waals surface area (Å²) in [4.78, 5) is 15.4. The summed E-state index contributed by atoms with van der Waals surface area (Å²) in [5.74, 6) is 0.0324. The molecule has 5 nitrogen and oxygen atoms in total. The predicted molar refractivity (Wildman–Crippen MR) is 83.5 cm³/mol. The van der Waals surface area contributed by atoms with Gasteiger partial charge in [-0.3, -0.25) is 9.48 Å². The molecule has 108 valence electrons. The highest BCUT2D eigenvalue weighted by atomic mass is 79.9. The minimum absolute atomic E-state index is 0.0324. The van der Waals surface area contributed by atoms with Gasteiger partial charge in [-0.2, -0.15) is 5.10 Å². The molecule has 0 aliphatic heterocycles. The van der Waals surface area contributed by atoms with E-state index < -0.39 is 0 Å². The molecule has 0 saturated carbocycles. The van der Waals surface area contributed by atoms with Crippen molar-refractivity contribution in [3.8, 4) is 0 Å². The molecule has 0 fully saturated rings. The summed E-state index contributed by atoms with van der Waals surface area (Å²) in [6.45, 7) is 0.605. The second kappa shape index (κ2) is 6.51. The number of hydrogen-bond acceptors (Lipinski definition) is 4. The van der Waals surface area contributed by atoms with Crippen molar-refractivity contribution in [2.24, 2.45) is 7.05 Å². The van der Waals surface area contributed by atoms with E-state index in [1.807, 2.05) is 31.7 Å². The third kappa shape index (κ3) is 3.47. The molecule has 0 bridgehead atoms. The first-order chi connectivity index (χ1) is 9.51. The third-order valence-electron chi connectivity index (χ3n) is 2.98. The molecule has 1 atom stereocenters. The molecule has 1 amide bonds. The molecule has 0 aromatic carbocycles. The maximum Gasteiger partial charge on any atom is 0.244 e. The highest BCUT2D eigenvalue weighted by Crippen LogP contribution is 2.22. The lowest BCUT2D eigenvalue weighted by atomic mass is 10.1. The van der Waals surface area contributed by atoms with Gasteiger partial charge in [-0.15, -0.1) is 11.3 Å². The van der Waals surface area contributed by atoms with E-state index in [0.29, 0.717) is 6.54 Å². The van der Waals surface area contributed by atoms with Gasteiger partial charge in [0.15, 0.2) is 0 Å². The minimum Gasteiger partial charge on any atom is -0.339 e. The van der Waals surface area contributed by atoms with Crippen molar-refractivity contribution < 1.29 is 4.79 Å². The highest BCUT2D eigenvalue weighted by molar-refractivity contribution is 9.10. The zero-order valence-corrected chi connectivity index (χ0v) is 14.0. The SMILES string of the molecule is CNC(C(=O)N(C)Cc1cc(Br)cs1)c1cnn(C)c1. The molecule has 7 heteroatoms. The Morgan fingerprint density at radius 3 is 2.90 bits per heavy atom. The number of halogens is 1. The molecule has 2 aromatic heterocycles. The van der Waals surface area contributed by atoms with Crippen LogP contribution in [-0.4, -0.2) is 34.7 Å². The lowest BCUT2D eigenvalue weighted by molar-refractivity contribution is -0.132. The maximum atomic E-state index is 12.5. The van der Waals surface area contributed by atoms with E-state index in [-0.39, 0.29) is 11.9 Å². The summed E-state index contributed by atoms with van der Waals surface area (Å²) in [7, 11) is 5.44. The Labute approximate surface area is 130 Å². The number of amides is 1. The van der Waals surface area contributed by atoms with Crippen LogP contribution >= 0.6 is 27.3 Å². The number of hydrogen-bond donors (Lipinski definition) is 1. The Bertz CT molecular complexity index is 595. The molecule has 20 heavy (non-hydrogen) atoms. The Morgan fingerprint density at radius 1 is 1.65 bits per heavy atom. The lowest BCUT2D eigenvalue weighted by Gasteiger charge is -2.22. The van der Waals surface area contributed by atoms with Crippen LogP contribution in [0.2, 0.25) is 0 Å². The molecule has 2 heterocycles. The van der Waals surface area contributed by atoms with Gasteiger partial charge >= 0.3 is 0 Å². The van der Waals surface area contributed by atoms with Crippen molar-refractivity contribution in [3.63, 3.8) is 0 Å². The number of carbonyl (C=O) groups is 1. The van der Waals surface area contributed by atoms with E-state index >= 15 is 0 Å². The first-order valence-corrected chi connectivity index (χ1v) is 7.82. The largest absolute Gasteiger partial charge is 0.339 e. The van der Waals surface area contributed by atoms with Crippen LogP contribution in [0.4, 0.5) is 0 Å². The van der Waals surface area contributed by atoms with Gasteiger partial charge in [-0.1, -0.05) is 0 Å². The molecule has 2 rings (SSSR count). The maximum absolute atomic E-state index is 12.5. The van der Waals surface area contributed by atoms with Crippen molar-refractivity contribution in [2.75, 3.05) is 14.1 Å². The van der Waals surface area contributed by atoms with Crippen molar-refractivity contribution in [3.05, 3.63) is 38.8 Å². The van der Waals surface area contributed by atoms with Gasteiger partial charge in [-0.25, -0.2) is 0 Å². The van der Waals surface area contributed by atoms with Gasteiger partial charge in [0.2, 0.25) is 5.91 Å². The van der Waals surface area contributed by atoms with Crippen LogP contribution in [0.3, 0.4) is 0 Å². The standard InChI is InChI=1S/C13H17BrN4OS/c1-15-12(9-5-16-18(3)6-9)13(19)17(2)7-11-4-10(14)8-20-11/h4-6,8,12,15H,7H2,1-3H3. The van der Waals surface area contributed by atoms with E-state index in [9.17, 15) is 4.79 Å². The molecule has 1 unspecified atom stereocenters. The molecule has 0 spiro atoms. The number of likely N-dealkylation sites (N-methyl/N-ethyl adjacent to an activating group) is 2. The zero-order valence-electron chi connectivity index (χ0n) is 11.6. The summed E-state index contributed by atoms with van der Waals surface area (Å²) < 4.78 is 2.75. The highest BCUT2D eigenvalue weighted by Gasteiger charge is 2.23. The van der Waals surface area contributed by atoms with Gasteiger partial charge in [0.1, 0.15) is 6.04 Å². The Kier molecular flexibility index (Phi) is 4.95. The first-order valence-electron chi connectivity index (χ1n) is 6.15. The van der Waals surface area contributed by atoms with E-state index in [0.717, 1.165) is 14.9 Å². The van der Waals surface area contributed by atoms with E-state index in [1.54, 1.807) is 34.2 Å². The number of nitrogens with zero attached hydrogens (tertiary/aromatic N) is 3. The van der Waals surface area contributed by atoms with E-state index in [4.69, 9.17) is 0 Å². The molecular weight excluding hydrogens is 340 g/mol. The number of rotatable bonds is 5. The molecular formula is C13H17BrN4OS. The zero-order chi connectivity index (χ0) is 14.7. The van der Waals surface area contributed by atoms with E-state index in [2.05, 4.69) is 26.3 Å². The van der Waals surface area contributed by atoms with Crippen LogP contribution in [-0.2, 0) is 18.4 Å². The van der Waals surface area contributed by atoms with Gasteiger partial charge in [0, 0.05) is 40.6 Å². The van der Waals surface area contributed by atoms with Crippen LogP contribution in [0.1, 0.15) is 16.5 Å². The number of thiophene rings is 1. The van der Waals surface area contributed by atoms with Gasteiger partial charge in [-0.05, 0) is 29.0 Å². The normalized spacial score (nSPS) is 12.4. The number of carbonyl (C=O) groups excluding carboxylic acids is 1. The monoisotopic (exact) mass is 356 g/mol. The van der Waals surface area contributed by atoms with E-state index in [1.165, 1.54) is 0 Å². The van der Waals surface area contributed by atoms with Gasteiger partial charge in [0.25, 0.3) is 0 Å². The van der Waals surface area contributed by atoms with Crippen LogP contribution in [0.5, 0.6) is 0 Å². The van der Waals surface area contributed by atoms with Crippen LogP contribution in [0.25, 0.3) is 0 Å². The van der Waals surface area contributed by atoms with Crippen LogP contribution < -0.4 is 5.32 Å². The second-order valence-corrected chi connectivity index (χ2v) is 6.51. The quantitative estimate of drug-likeness (QED) is 0.892. The Morgan fingerprint density at radius 2 is 2.40 bits per heavy atom. The summed E-state index contributed by atoms with van der Waals surface area (Å²) >= 11 is 5.06.